The molecular formula is C19H25N3O4S2. The maximum atomic E-state index is 12.9. The Labute approximate surface area is 169 Å². The van der Waals surface area contributed by atoms with Crippen LogP contribution in [-0.4, -0.2) is 48.9 Å². The molecule has 1 N–H and O–H groups in total. The molecule has 3 rings (SSSR count). The van der Waals surface area contributed by atoms with Gasteiger partial charge in [-0.15, -0.1) is 11.3 Å². The largest absolute Gasteiger partial charge is 0.373 e. The standard InChI is InChI=1S/C19H25N3O4S2/c1-5-17-14(4)27-19(20-17)21-18(23)15-6-8-16(9-7-15)28(24,25)22-10-12(2)26-13(3)11-22/h6-9,12-13H,5,10-11H2,1-4H3,(H,20,21,23). The van der Waals surface area contributed by atoms with Gasteiger partial charge in [-0.2, -0.15) is 4.31 Å². The van der Waals surface area contributed by atoms with Gasteiger partial charge in [0.1, 0.15) is 0 Å². The molecule has 1 aliphatic heterocycles. The van der Waals surface area contributed by atoms with Crippen molar-refractivity contribution in [3.8, 4) is 0 Å². The zero-order valence-electron chi connectivity index (χ0n) is 16.4. The first-order valence-electron chi connectivity index (χ1n) is 9.24. The topological polar surface area (TPSA) is 88.6 Å². The fourth-order valence-corrected chi connectivity index (χ4v) is 5.72. The lowest BCUT2D eigenvalue weighted by molar-refractivity contribution is -0.0440. The van der Waals surface area contributed by atoms with Crippen molar-refractivity contribution in [2.75, 3.05) is 18.4 Å². The number of ether oxygens (including phenoxy) is 1. The predicted octanol–water partition coefficient (Wildman–Crippen LogP) is 3.06. The van der Waals surface area contributed by atoms with E-state index in [2.05, 4.69) is 10.3 Å². The smallest absolute Gasteiger partial charge is 0.257 e. The van der Waals surface area contributed by atoms with Gasteiger partial charge < -0.3 is 4.74 Å². The fraction of sp³-hybridized carbons (Fsp3) is 0.474. The van der Waals surface area contributed by atoms with Gasteiger partial charge in [-0.1, -0.05) is 6.92 Å². The van der Waals surface area contributed by atoms with Crippen LogP contribution in [0, 0.1) is 6.92 Å². The Morgan fingerprint density at radius 3 is 2.39 bits per heavy atom. The number of anilines is 1. The molecule has 2 atom stereocenters. The van der Waals surface area contributed by atoms with E-state index < -0.39 is 10.0 Å². The van der Waals surface area contributed by atoms with Crippen molar-refractivity contribution in [2.24, 2.45) is 0 Å². The van der Waals surface area contributed by atoms with E-state index in [-0.39, 0.29) is 23.0 Å². The van der Waals surface area contributed by atoms with Crippen molar-refractivity contribution in [1.82, 2.24) is 9.29 Å². The molecular weight excluding hydrogens is 398 g/mol. The highest BCUT2D eigenvalue weighted by atomic mass is 32.2. The minimum Gasteiger partial charge on any atom is -0.373 e. The van der Waals surface area contributed by atoms with Crippen LogP contribution in [0.5, 0.6) is 0 Å². The van der Waals surface area contributed by atoms with Gasteiger partial charge in [-0.05, 0) is 51.5 Å². The van der Waals surface area contributed by atoms with Crippen LogP contribution in [0.4, 0.5) is 5.13 Å². The second-order valence-electron chi connectivity index (χ2n) is 6.93. The van der Waals surface area contributed by atoms with Crippen molar-refractivity contribution in [1.29, 1.82) is 0 Å². The summed E-state index contributed by atoms with van der Waals surface area (Å²) in [5.74, 6) is -0.311. The molecule has 0 radical (unpaired) electrons. The summed E-state index contributed by atoms with van der Waals surface area (Å²) in [6.07, 6.45) is 0.500. The van der Waals surface area contributed by atoms with Crippen LogP contribution in [0.1, 0.15) is 41.7 Å². The van der Waals surface area contributed by atoms with E-state index in [9.17, 15) is 13.2 Å². The number of carbonyl (C=O) groups excluding carboxylic acids is 1. The van der Waals surface area contributed by atoms with Crippen molar-refractivity contribution in [2.45, 2.75) is 51.2 Å². The van der Waals surface area contributed by atoms with Crippen molar-refractivity contribution in [3.63, 3.8) is 0 Å². The lowest BCUT2D eigenvalue weighted by Gasteiger charge is -2.34. The lowest BCUT2D eigenvalue weighted by atomic mass is 10.2. The molecule has 1 fully saturated rings. The summed E-state index contributed by atoms with van der Waals surface area (Å²) in [4.78, 5) is 18.1. The monoisotopic (exact) mass is 423 g/mol. The highest BCUT2D eigenvalue weighted by molar-refractivity contribution is 7.89. The molecule has 1 amide bonds. The molecule has 1 aromatic carbocycles. The third kappa shape index (κ3) is 4.43. The summed E-state index contributed by atoms with van der Waals surface area (Å²) in [7, 11) is -3.62. The van der Waals surface area contributed by atoms with Crippen LogP contribution >= 0.6 is 11.3 Å². The van der Waals surface area contributed by atoms with Crippen LogP contribution in [0.15, 0.2) is 29.2 Å². The fourth-order valence-electron chi connectivity index (χ4n) is 3.23. The number of morpholine rings is 1. The van der Waals surface area contributed by atoms with E-state index in [0.717, 1.165) is 17.0 Å². The number of nitrogens with one attached hydrogen (secondary N) is 1. The third-order valence-electron chi connectivity index (χ3n) is 4.59. The number of aryl methyl sites for hydroxylation is 2. The van der Waals surface area contributed by atoms with E-state index >= 15 is 0 Å². The molecule has 2 heterocycles. The van der Waals surface area contributed by atoms with Crippen LogP contribution in [0.3, 0.4) is 0 Å². The Kier molecular flexibility index (Phi) is 6.18. The summed E-state index contributed by atoms with van der Waals surface area (Å²) in [5.41, 5.74) is 1.35. The number of benzene rings is 1. The average Bonchev–Trinajstić information content (AvgIpc) is 3.00. The zero-order chi connectivity index (χ0) is 20.5. The van der Waals surface area contributed by atoms with E-state index in [1.807, 2.05) is 27.7 Å². The van der Waals surface area contributed by atoms with Gasteiger partial charge in [-0.3, -0.25) is 10.1 Å². The highest BCUT2D eigenvalue weighted by Crippen LogP contribution is 2.24. The Hall–Kier alpha value is -1.81. The van der Waals surface area contributed by atoms with Crippen LogP contribution in [0.2, 0.25) is 0 Å². The van der Waals surface area contributed by atoms with E-state index in [0.29, 0.717) is 23.8 Å². The zero-order valence-corrected chi connectivity index (χ0v) is 18.1. The number of sulfonamides is 1. The van der Waals surface area contributed by atoms with Gasteiger partial charge in [-0.25, -0.2) is 13.4 Å². The first-order valence-corrected chi connectivity index (χ1v) is 11.5. The number of rotatable bonds is 5. The van der Waals surface area contributed by atoms with Crippen molar-refractivity contribution < 1.29 is 17.9 Å². The lowest BCUT2D eigenvalue weighted by Crippen LogP contribution is -2.48. The molecule has 1 aromatic heterocycles. The normalized spacial score (nSPS) is 20.9. The SMILES string of the molecule is CCc1nc(NC(=O)c2ccc(S(=O)(=O)N3CC(C)OC(C)C3)cc2)sc1C. The Morgan fingerprint density at radius 2 is 1.86 bits per heavy atom. The molecule has 0 aliphatic carbocycles. The minimum atomic E-state index is -3.62. The molecule has 28 heavy (non-hydrogen) atoms. The number of hydrogen-bond acceptors (Lipinski definition) is 6. The molecule has 0 saturated carbocycles. The number of aromatic nitrogens is 1. The second-order valence-corrected chi connectivity index (χ2v) is 10.1. The number of amides is 1. The molecule has 152 valence electrons. The van der Waals surface area contributed by atoms with Crippen LogP contribution in [0.25, 0.3) is 0 Å². The number of carbonyl (C=O) groups is 1. The van der Waals surface area contributed by atoms with E-state index in [1.165, 1.54) is 39.9 Å². The molecule has 1 aliphatic rings. The van der Waals surface area contributed by atoms with E-state index in [4.69, 9.17) is 4.74 Å². The average molecular weight is 424 g/mol. The molecule has 9 heteroatoms. The van der Waals surface area contributed by atoms with Crippen molar-refractivity contribution >= 4 is 32.4 Å². The van der Waals surface area contributed by atoms with Gasteiger partial charge >= 0.3 is 0 Å². The number of hydrogen-bond donors (Lipinski definition) is 1. The number of nitrogens with zero attached hydrogens (tertiary/aromatic N) is 2. The van der Waals surface area contributed by atoms with Gasteiger partial charge in [0.05, 0.1) is 22.8 Å². The van der Waals surface area contributed by atoms with Crippen molar-refractivity contribution in [3.05, 3.63) is 40.4 Å². The molecule has 7 nitrogen and oxygen atoms in total. The number of thiazole rings is 1. The molecule has 2 aromatic rings. The maximum Gasteiger partial charge on any atom is 0.257 e. The maximum absolute atomic E-state index is 12.9. The summed E-state index contributed by atoms with van der Waals surface area (Å²) in [6.45, 7) is 8.34. The second kappa shape index (κ2) is 8.28. The molecule has 0 spiro atoms. The third-order valence-corrected chi connectivity index (χ3v) is 7.36. The summed E-state index contributed by atoms with van der Waals surface area (Å²) < 4.78 is 32.8. The van der Waals surface area contributed by atoms with Gasteiger partial charge in [0, 0.05) is 23.5 Å². The van der Waals surface area contributed by atoms with Crippen LogP contribution < -0.4 is 5.32 Å². The van der Waals surface area contributed by atoms with Crippen LogP contribution in [-0.2, 0) is 21.2 Å². The first kappa shape index (κ1) is 20.9. The van der Waals surface area contributed by atoms with E-state index in [1.54, 1.807) is 0 Å². The summed E-state index contributed by atoms with van der Waals surface area (Å²) in [5, 5.41) is 3.33. The highest BCUT2D eigenvalue weighted by Gasteiger charge is 2.32. The predicted molar refractivity (Wildman–Crippen MR) is 109 cm³/mol. The van der Waals surface area contributed by atoms with Gasteiger partial charge in [0.25, 0.3) is 5.91 Å². The Bertz CT molecular complexity index is 944. The molecule has 1 saturated heterocycles. The van der Waals surface area contributed by atoms with Gasteiger partial charge in [0.15, 0.2) is 5.13 Å². The quantitative estimate of drug-likeness (QED) is 0.798. The molecule has 0 bridgehead atoms. The molecule has 2 unspecified atom stereocenters. The van der Waals surface area contributed by atoms with Gasteiger partial charge in [0.2, 0.25) is 10.0 Å². The minimum absolute atomic E-state index is 0.154. The first-order chi connectivity index (χ1) is 13.2. The Balaban J connectivity index is 1.74. The summed E-state index contributed by atoms with van der Waals surface area (Å²) in [6, 6.07) is 5.99. The Morgan fingerprint density at radius 1 is 1.25 bits per heavy atom. The summed E-state index contributed by atoms with van der Waals surface area (Å²) >= 11 is 1.43.